The van der Waals surface area contributed by atoms with Crippen LogP contribution < -0.4 is 5.63 Å². The number of esters is 1. The van der Waals surface area contributed by atoms with E-state index in [4.69, 9.17) is 9.15 Å². The minimum absolute atomic E-state index is 0.0884. The van der Waals surface area contributed by atoms with Gasteiger partial charge in [0.1, 0.15) is 16.9 Å². The van der Waals surface area contributed by atoms with E-state index in [2.05, 4.69) is 15.9 Å². The van der Waals surface area contributed by atoms with Gasteiger partial charge in [-0.15, -0.1) is 0 Å². The van der Waals surface area contributed by atoms with Crippen LogP contribution in [0.3, 0.4) is 0 Å². The topological polar surface area (TPSA) is 81.7 Å². The quantitative estimate of drug-likeness (QED) is 0.193. The Balaban J connectivity index is 1.98. The molecule has 7 heteroatoms. The maximum atomic E-state index is 13.4. The summed E-state index contributed by atoms with van der Waals surface area (Å²) in [6.07, 6.45) is 0. The van der Waals surface area contributed by atoms with Gasteiger partial charge in [0.25, 0.3) is 0 Å². The SMILES string of the molecule is CCOC(=O)c1c(-c2c(O)c3ccccc3oc2=O)c(-c2ccccc2)n(-c2ccc(Br)cc2)c1C. The highest BCUT2D eigenvalue weighted by molar-refractivity contribution is 9.10. The van der Waals surface area contributed by atoms with Gasteiger partial charge in [-0.05, 0) is 55.8 Å². The molecule has 0 atom stereocenters. The van der Waals surface area contributed by atoms with Crippen LogP contribution in [0.5, 0.6) is 5.75 Å². The third-order valence-electron chi connectivity index (χ3n) is 6.05. The molecule has 1 N–H and O–H groups in total. The molecule has 0 saturated carbocycles. The Bertz CT molecular complexity index is 1650. The third kappa shape index (κ3) is 3.91. The average Bonchev–Trinajstić information content (AvgIpc) is 3.17. The van der Waals surface area contributed by atoms with Gasteiger partial charge in [-0.2, -0.15) is 0 Å². The molecule has 0 aliphatic rings. The number of hydrogen-bond donors (Lipinski definition) is 1. The van der Waals surface area contributed by atoms with E-state index in [1.807, 2.05) is 59.2 Å². The molecule has 0 aliphatic carbocycles. The first-order chi connectivity index (χ1) is 17.4. The van der Waals surface area contributed by atoms with Crippen molar-refractivity contribution in [1.29, 1.82) is 0 Å². The van der Waals surface area contributed by atoms with Crippen molar-refractivity contribution in [3.05, 3.63) is 105 Å². The Kier molecular flexibility index (Phi) is 6.24. The number of nitrogens with zero attached hydrogens (tertiary/aromatic N) is 1. The molecule has 0 bridgehead atoms. The van der Waals surface area contributed by atoms with E-state index in [0.29, 0.717) is 16.8 Å². The van der Waals surface area contributed by atoms with Gasteiger partial charge in [-0.3, -0.25) is 0 Å². The molecule has 0 saturated heterocycles. The highest BCUT2D eigenvalue weighted by Crippen LogP contribution is 2.44. The smallest absolute Gasteiger partial charge is 0.348 e. The molecule has 36 heavy (non-hydrogen) atoms. The van der Waals surface area contributed by atoms with E-state index in [1.165, 1.54) is 0 Å². The Hall–Kier alpha value is -4.10. The maximum Gasteiger partial charge on any atom is 0.348 e. The minimum atomic E-state index is -0.748. The summed E-state index contributed by atoms with van der Waals surface area (Å²) in [6, 6.07) is 23.8. The second-order valence-electron chi connectivity index (χ2n) is 8.19. The Morgan fingerprint density at radius 2 is 1.64 bits per heavy atom. The zero-order chi connectivity index (χ0) is 25.4. The molecule has 0 aliphatic heterocycles. The first-order valence-corrected chi connectivity index (χ1v) is 12.2. The summed E-state index contributed by atoms with van der Waals surface area (Å²) in [5.74, 6) is -0.845. The molecule has 5 aromatic rings. The molecule has 0 fully saturated rings. The lowest BCUT2D eigenvalue weighted by Crippen LogP contribution is -2.10. The van der Waals surface area contributed by atoms with Crippen molar-refractivity contribution in [3.8, 4) is 33.8 Å². The summed E-state index contributed by atoms with van der Waals surface area (Å²) in [5.41, 5.74) is 2.53. The molecule has 3 aromatic carbocycles. The lowest BCUT2D eigenvalue weighted by molar-refractivity contribution is 0.0526. The van der Waals surface area contributed by atoms with Gasteiger partial charge in [0.15, 0.2) is 0 Å². The molecular weight excluding hydrogens is 522 g/mol. The number of rotatable bonds is 5. The molecule has 5 rings (SSSR count). The van der Waals surface area contributed by atoms with Crippen LogP contribution in [-0.4, -0.2) is 22.2 Å². The number of carbonyl (C=O) groups excluding carboxylic acids is 1. The predicted octanol–water partition coefficient (Wildman–Crippen LogP) is 6.87. The first-order valence-electron chi connectivity index (χ1n) is 11.4. The molecule has 0 radical (unpaired) electrons. The summed E-state index contributed by atoms with van der Waals surface area (Å²) < 4.78 is 13.8. The van der Waals surface area contributed by atoms with E-state index >= 15 is 0 Å². The van der Waals surface area contributed by atoms with Gasteiger partial charge in [-0.25, -0.2) is 9.59 Å². The molecule has 6 nitrogen and oxygen atoms in total. The van der Waals surface area contributed by atoms with Gasteiger partial charge in [0, 0.05) is 21.4 Å². The maximum absolute atomic E-state index is 13.4. The summed E-state index contributed by atoms with van der Waals surface area (Å²) in [4.78, 5) is 26.7. The predicted molar refractivity (Wildman–Crippen MR) is 143 cm³/mol. The fourth-order valence-corrected chi connectivity index (χ4v) is 4.79. The number of hydrogen-bond acceptors (Lipinski definition) is 5. The second kappa shape index (κ2) is 9.51. The van der Waals surface area contributed by atoms with Crippen LogP contribution in [0.1, 0.15) is 23.0 Å². The van der Waals surface area contributed by atoms with Gasteiger partial charge in [-0.1, -0.05) is 58.4 Å². The number of halogens is 1. The van der Waals surface area contributed by atoms with Gasteiger partial charge >= 0.3 is 11.6 Å². The van der Waals surface area contributed by atoms with E-state index in [1.54, 1.807) is 38.1 Å². The molecule has 0 unspecified atom stereocenters. The number of fused-ring (bicyclic) bond motifs is 1. The van der Waals surface area contributed by atoms with Gasteiger partial charge in [0.2, 0.25) is 0 Å². The lowest BCUT2D eigenvalue weighted by atomic mass is 9.96. The van der Waals surface area contributed by atoms with Crippen LogP contribution in [0.2, 0.25) is 0 Å². The fraction of sp³-hybridized carbons (Fsp3) is 0.103. The molecule has 0 spiro atoms. The van der Waals surface area contributed by atoms with Crippen molar-refractivity contribution in [1.82, 2.24) is 4.57 Å². The fourth-order valence-electron chi connectivity index (χ4n) is 4.52. The van der Waals surface area contributed by atoms with Crippen LogP contribution in [-0.2, 0) is 4.74 Å². The zero-order valence-electron chi connectivity index (χ0n) is 19.6. The van der Waals surface area contributed by atoms with Crippen molar-refractivity contribution in [2.24, 2.45) is 0 Å². The van der Waals surface area contributed by atoms with Crippen molar-refractivity contribution in [3.63, 3.8) is 0 Å². The van der Waals surface area contributed by atoms with Crippen LogP contribution in [0.4, 0.5) is 0 Å². The van der Waals surface area contributed by atoms with Crippen LogP contribution in [0.15, 0.2) is 92.5 Å². The van der Waals surface area contributed by atoms with Crippen LogP contribution >= 0.6 is 15.9 Å². The van der Waals surface area contributed by atoms with E-state index < -0.39 is 11.6 Å². The number of carbonyl (C=O) groups is 1. The highest BCUT2D eigenvalue weighted by atomic mass is 79.9. The Morgan fingerprint density at radius 1 is 0.972 bits per heavy atom. The summed E-state index contributed by atoms with van der Waals surface area (Å²) in [7, 11) is 0. The Labute approximate surface area is 215 Å². The van der Waals surface area contributed by atoms with Gasteiger partial charge < -0.3 is 18.8 Å². The van der Waals surface area contributed by atoms with Crippen molar-refractivity contribution < 1.29 is 19.1 Å². The number of aromatic hydroxyl groups is 1. The van der Waals surface area contributed by atoms with Crippen molar-refractivity contribution in [2.75, 3.05) is 6.61 Å². The lowest BCUT2D eigenvalue weighted by Gasteiger charge is -2.14. The average molecular weight is 544 g/mol. The summed E-state index contributed by atoms with van der Waals surface area (Å²) in [6.45, 7) is 3.67. The molecular formula is C29H22BrNO5. The Morgan fingerprint density at radius 3 is 2.33 bits per heavy atom. The van der Waals surface area contributed by atoms with E-state index in [-0.39, 0.29) is 34.6 Å². The molecule has 180 valence electrons. The zero-order valence-corrected chi connectivity index (χ0v) is 21.2. The molecule has 2 aromatic heterocycles. The number of ether oxygens (including phenoxy) is 1. The van der Waals surface area contributed by atoms with Gasteiger partial charge in [0.05, 0.1) is 23.3 Å². The molecule has 0 amide bonds. The summed E-state index contributed by atoms with van der Waals surface area (Å²) in [5, 5.41) is 11.7. The first kappa shape index (κ1) is 23.6. The van der Waals surface area contributed by atoms with Crippen molar-refractivity contribution >= 4 is 32.9 Å². The normalized spacial score (nSPS) is 11.1. The number of benzene rings is 3. The number of para-hydroxylation sites is 1. The van der Waals surface area contributed by atoms with Crippen molar-refractivity contribution in [2.45, 2.75) is 13.8 Å². The second-order valence-corrected chi connectivity index (χ2v) is 9.11. The molecule has 2 heterocycles. The third-order valence-corrected chi connectivity index (χ3v) is 6.58. The van der Waals surface area contributed by atoms with Crippen LogP contribution in [0.25, 0.3) is 39.0 Å². The number of aromatic nitrogens is 1. The monoisotopic (exact) mass is 543 g/mol. The van der Waals surface area contributed by atoms with E-state index in [9.17, 15) is 14.7 Å². The van der Waals surface area contributed by atoms with E-state index in [0.717, 1.165) is 15.7 Å². The largest absolute Gasteiger partial charge is 0.506 e. The minimum Gasteiger partial charge on any atom is -0.506 e. The standard InChI is InChI=1S/C29H22BrNO5/c1-3-35-28(33)23-17(2)31(20-15-13-19(30)14-16-20)26(18-9-5-4-6-10-18)24(23)25-27(32)21-11-7-8-12-22(21)36-29(25)34/h4-16,32H,3H2,1-2H3. The highest BCUT2D eigenvalue weighted by Gasteiger charge is 2.32. The summed E-state index contributed by atoms with van der Waals surface area (Å²) >= 11 is 3.47. The van der Waals surface area contributed by atoms with Crippen LogP contribution in [0, 0.1) is 6.92 Å².